The SMILES string of the molecule is CC(C)[C@H](NC(=O)COc1ccccc1)C(=O)O[C@H](C)C(=O)NC1CC1. The summed E-state index contributed by atoms with van der Waals surface area (Å²) in [6.07, 6.45) is 1.01. The van der Waals surface area contributed by atoms with E-state index in [9.17, 15) is 14.4 Å². The molecule has 0 radical (unpaired) electrons. The summed E-state index contributed by atoms with van der Waals surface area (Å²) in [5, 5.41) is 5.40. The van der Waals surface area contributed by atoms with Crippen LogP contribution in [0.25, 0.3) is 0 Å². The maximum Gasteiger partial charge on any atom is 0.329 e. The van der Waals surface area contributed by atoms with Crippen molar-refractivity contribution < 1.29 is 23.9 Å². The molecule has 1 aliphatic rings. The zero-order valence-corrected chi connectivity index (χ0v) is 15.4. The van der Waals surface area contributed by atoms with Crippen molar-refractivity contribution in [2.24, 2.45) is 5.92 Å². The van der Waals surface area contributed by atoms with Crippen LogP contribution < -0.4 is 15.4 Å². The molecule has 0 aromatic heterocycles. The third kappa shape index (κ3) is 6.38. The summed E-state index contributed by atoms with van der Waals surface area (Å²) in [5.74, 6) is -1.01. The lowest BCUT2D eigenvalue weighted by Crippen LogP contribution is -2.49. The van der Waals surface area contributed by atoms with Gasteiger partial charge in [0.05, 0.1) is 0 Å². The molecule has 1 aromatic carbocycles. The summed E-state index contributed by atoms with van der Waals surface area (Å²) in [4.78, 5) is 36.3. The zero-order chi connectivity index (χ0) is 19.1. The fourth-order valence-electron chi connectivity index (χ4n) is 2.23. The number of para-hydroxylation sites is 1. The number of nitrogens with one attached hydrogen (secondary N) is 2. The van der Waals surface area contributed by atoms with Crippen LogP contribution in [0.3, 0.4) is 0 Å². The minimum Gasteiger partial charge on any atom is -0.484 e. The van der Waals surface area contributed by atoms with E-state index < -0.39 is 24.0 Å². The number of amides is 2. The molecular formula is C19H26N2O5. The van der Waals surface area contributed by atoms with Gasteiger partial charge in [-0.3, -0.25) is 9.59 Å². The van der Waals surface area contributed by atoms with Gasteiger partial charge < -0.3 is 20.1 Å². The van der Waals surface area contributed by atoms with E-state index in [2.05, 4.69) is 10.6 Å². The molecular weight excluding hydrogens is 336 g/mol. The number of benzene rings is 1. The lowest BCUT2D eigenvalue weighted by molar-refractivity contribution is -0.158. The normalized spacial score (nSPS) is 15.7. The van der Waals surface area contributed by atoms with Crippen LogP contribution in [-0.4, -0.2) is 42.6 Å². The fraction of sp³-hybridized carbons (Fsp3) is 0.526. The van der Waals surface area contributed by atoms with Crippen molar-refractivity contribution in [2.45, 2.75) is 51.8 Å². The lowest BCUT2D eigenvalue weighted by atomic mass is 10.0. The smallest absolute Gasteiger partial charge is 0.329 e. The van der Waals surface area contributed by atoms with E-state index in [1.165, 1.54) is 6.92 Å². The Labute approximate surface area is 153 Å². The maximum atomic E-state index is 12.4. The van der Waals surface area contributed by atoms with E-state index in [0.29, 0.717) is 5.75 Å². The van der Waals surface area contributed by atoms with Crippen LogP contribution in [-0.2, 0) is 19.1 Å². The first-order valence-corrected chi connectivity index (χ1v) is 8.85. The van der Waals surface area contributed by atoms with Crippen LogP contribution in [0, 0.1) is 5.92 Å². The van der Waals surface area contributed by atoms with Gasteiger partial charge in [0.15, 0.2) is 12.7 Å². The van der Waals surface area contributed by atoms with Gasteiger partial charge in [-0.25, -0.2) is 4.79 Å². The molecule has 2 N–H and O–H groups in total. The van der Waals surface area contributed by atoms with Gasteiger partial charge >= 0.3 is 5.97 Å². The molecule has 2 rings (SSSR count). The Morgan fingerprint density at radius 3 is 2.35 bits per heavy atom. The molecule has 2 amide bonds. The molecule has 0 unspecified atom stereocenters. The highest BCUT2D eigenvalue weighted by Crippen LogP contribution is 2.19. The molecule has 142 valence electrons. The number of ether oxygens (including phenoxy) is 2. The number of carbonyl (C=O) groups excluding carboxylic acids is 3. The first kappa shape index (κ1) is 19.8. The van der Waals surface area contributed by atoms with Crippen LogP contribution in [0.2, 0.25) is 0 Å². The van der Waals surface area contributed by atoms with Crippen LogP contribution in [0.15, 0.2) is 30.3 Å². The fourth-order valence-corrected chi connectivity index (χ4v) is 2.23. The van der Waals surface area contributed by atoms with Crippen molar-refractivity contribution >= 4 is 17.8 Å². The standard InChI is InChI=1S/C19H26N2O5/c1-12(2)17(19(24)26-13(3)18(23)20-14-9-10-14)21-16(22)11-25-15-7-5-4-6-8-15/h4-8,12-14,17H,9-11H2,1-3H3,(H,20,23)(H,21,22)/t13-,17+/m1/s1. The number of carbonyl (C=O) groups is 3. The Morgan fingerprint density at radius 2 is 1.77 bits per heavy atom. The molecule has 0 aliphatic heterocycles. The third-order valence-corrected chi connectivity index (χ3v) is 3.94. The van der Waals surface area contributed by atoms with Crippen LogP contribution >= 0.6 is 0 Å². The first-order valence-electron chi connectivity index (χ1n) is 8.85. The van der Waals surface area contributed by atoms with Crippen molar-refractivity contribution in [1.82, 2.24) is 10.6 Å². The van der Waals surface area contributed by atoms with E-state index in [0.717, 1.165) is 12.8 Å². The van der Waals surface area contributed by atoms with Gasteiger partial charge in [0.2, 0.25) is 0 Å². The van der Waals surface area contributed by atoms with Gasteiger partial charge in [0.1, 0.15) is 11.8 Å². The zero-order valence-electron chi connectivity index (χ0n) is 15.4. The Bertz CT molecular complexity index is 628. The molecule has 0 saturated heterocycles. The summed E-state index contributed by atoms with van der Waals surface area (Å²) in [6.45, 7) is 4.89. The van der Waals surface area contributed by atoms with Gasteiger partial charge in [-0.2, -0.15) is 0 Å². The number of hydrogen-bond acceptors (Lipinski definition) is 5. The molecule has 26 heavy (non-hydrogen) atoms. The van der Waals surface area contributed by atoms with Crippen molar-refractivity contribution in [3.8, 4) is 5.75 Å². The first-order chi connectivity index (χ1) is 12.4. The summed E-state index contributed by atoms with van der Waals surface area (Å²) in [5.41, 5.74) is 0. The van der Waals surface area contributed by atoms with Crippen molar-refractivity contribution in [3.63, 3.8) is 0 Å². The predicted octanol–water partition coefficient (Wildman–Crippen LogP) is 1.42. The van der Waals surface area contributed by atoms with E-state index in [1.54, 1.807) is 38.1 Å². The van der Waals surface area contributed by atoms with Gasteiger partial charge in [-0.05, 0) is 37.8 Å². The molecule has 7 nitrogen and oxygen atoms in total. The highest BCUT2D eigenvalue weighted by Gasteiger charge is 2.31. The minimum absolute atomic E-state index is 0.193. The van der Waals surface area contributed by atoms with Crippen molar-refractivity contribution in [2.75, 3.05) is 6.61 Å². The highest BCUT2D eigenvalue weighted by atomic mass is 16.5. The second kappa shape index (κ2) is 9.22. The molecule has 0 spiro atoms. The summed E-state index contributed by atoms with van der Waals surface area (Å²) >= 11 is 0. The molecule has 1 aliphatic carbocycles. The Kier molecular flexibility index (Phi) is 7.00. The molecule has 1 aromatic rings. The summed E-state index contributed by atoms with van der Waals surface area (Å²) in [7, 11) is 0. The number of hydrogen-bond donors (Lipinski definition) is 2. The summed E-state index contributed by atoms with van der Waals surface area (Å²) < 4.78 is 10.6. The van der Waals surface area contributed by atoms with E-state index in [-0.39, 0.29) is 24.5 Å². The Balaban J connectivity index is 1.82. The minimum atomic E-state index is -0.901. The molecule has 7 heteroatoms. The van der Waals surface area contributed by atoms with E-state index in [1.807, 2.05) is 6.07 Å². The quantitative estimate of drug-likeness (QED) is 0.648. The molecule has 0 heterocycles. The Hall–Kier alpha value is -2.57. The van der Waals surface area contributed by atoms with Crippen LogP contribution in [0.4, 0.5) is 0 Å². The maximum absolute atomic E-state index is 12.4. The monoisotopic (exact) mass is 362 g/mol. The highest BCUT2D eigenvalue weighted by molar-refractivity contribution is 5.88. The van der Waals surface area contributed by atoms with Gasteiger partial charge in [0, 0.05) is 6.04 Å². The number of rotatable bonds is 9. The molecule has 1 saturated carbocycles. The number of esters is 1. The van der Waals surface area contributed by atoms with Crippen LogP contribution in [0.1, 0.15) is 33.6 Å². The van der Waals surface area contributed by atoms with Crippen LogP contribution in [0.5, 0.6) is 5.75 Å². The van der Waals surface area contributed by atoms with E-state index >= 15 is 0 Å². The average molecular weight is 362 g/mol. The molecule has 1 fully saturated rings. The van der Waals surface area contributed by atoms with Crippen molar-refractivity contribution in [1.29, 1.82) is 0 Å². The molecule has 2 atom stereocenters. The third-order valence-electron chi connectivity index (χ3n) is 3.94. The van der Waals surface area contributed by atoms with Gasteiger partial charge in [-0.15, -0.1) is 0 Å². The van der Waals surface area contributed by atoms with Crippen molar-refractivity contribution in [3.05, 3.63) is 30.3 Å². The predicted molar refractivity (Wildman–Crippen MR) is 95.4 cm³/mol. The molecule has 0 bridgehead atoms. The topological polar surface area (TPSA) is 93.7 Å². The van der Waals surface area contributed by atoms with Gasteiger partial charge in [-0.1, -0.05) is 32.0 Å². The van der Waals surface area contributed by atoms with Gasteiger partial charge in [0.25, 0.3) is 11.8 Å². The average Bonchev–Trinajstić information content (AvgIpc) is 3.42. The van der Waals surface area contributed by atoms with E-state index in [4.69, 9.17) is 9.47 Å². The largest absolute Gasteiger partial charge is 0.484 e. The second-order valence-corrected chi connectivity index (χ2v) is 6.75. The lowest BCUT2D eigenvalue weighted by Gasteiger charge is -2.23. The Morgan fingerprint density at radius 1 is 1.12 bits per heavy atom. The summed E-state index contributed by atoms with van der Waals surface area (Å²) in [6, 6.07) is 8.27. The second-order valence-electron chi connectivity index (χ2n) is 6.75.